The van der Waals surface area contributed by atoms with E-state index in [9.17, 15) is 13.2 Å². The van der Waals surface area contributed by atoms with Crippen LogP contribution in [-0.4, -0.2) is 43.8 Å². The molecule has 5 nitrogen and oxygen atoms in total. The summed E-state index contributed by atoms with van der Waals surface area (Å²) in [6, 6.07) is 16.6. The Morgan fingerprint density at radius 2 is 1.60 bits per heavy atom. The van der Waals surface area contributed by atoms with E-state index in [-0.39, 0.29) is 17.4 Å². The molecular formula is C18H19IN2O3S. The number of hydrogen-bond acceptors (Lipinski definition) is 4. The largest absolute Gasteiger partial charge is 0.324 e. The number of nitrogens with zero attached hydrogens (tertiary/aromatic N) is 1. The first-order valence-corrected chi connectivity index (χ1v) is 10.9. The van der Waals surface area contributed by atoms with E-state index in [2.05, 4.69) is 27.9 Å². The van der Waals surface area contributed by atoms with Gasteiger partial charge in [0.15, 0.2) is 9.84 Å². The van der Waals surface area contributed by atoms with Gasteiger partial charge in [-0.05, 0) is 52.4 Å². The number of rotatable bonds is 4. The summed E-state index contributed by atoms with van der Waals surface area (Å²) in [7, 11) is -2.99. The van der Waals surface area contributed by atoms with Crippen LogP contribution < -0.4 is 5.32 Å². The van der Waals surface area contributed by atoms with Crippen molar-refractivity contribution in [2.75, 3.05) is 29.9 Å². The number of nitrogens with one attached hydrogen (secondary N) is 1. The molecular weight excluding hydrogens is 451 g/mol. The van der Waals surface area contributed by atoms with E-state index in [1.54, 1.807) is 0 Å². The summed E-state index contributed by atoms with van der Waals surface area (Å²) in [4.78, 5) is 14.9. The van der Waals surface area contributed by atoms with E-state index in [1.165, 1.54) is 0 Å². The maximum Gasteiger partial charge on any atom is 0.246 e. The lowest BCUT2D eigenvalue weighted by atomic mass is 10.0. The molecule has 0 saturated carbocycles. The minimum Gasteiger partial charge on any atom is -0.324 e. The second-order valence-corrected chi connectivity index (χ2v) is 9.55. The minimum absolute atomic E-state index is 0.0904. The molecule has 0 spiro atoms. The zero-order valence-corrected chi connectivity index (χ0v) is 16.5. The average molecular weight is 470 g/mol. The zero-order chi connectivity index (χ0) is 17.9. The van der Waals surface area contributed by atoms with Crippen LogP contribution >= 0.6 is 22.6 Å². The van der Waals surface area contributed by atoms with E-state index in [1.807, 2.05) is 59.5 Å². The topological polar surface area (TPSA) is 66.5 Å². The molecule has 132 valence electrons. The van der Waals surface area contributed by atoms with Crippen molar-refractivity contribution in [2.24, 2.45) is 0 Å². The molecule has 1 fully saturated rings. The van der Waals surface area contributed by atoms with Gasteiger partial charge in [0.2, 0.25) is 5.91 Å². The Hall–Kier alpha value is -1.45. The van der Waals surface area contributed by atoms with Crippen molar-refractivity contribution in [3.8, 4) is 0 Å². The van der Waals surface area contributed by atoms with Crippen LogP contribution in [0.4, 0.5) is 5.69 Å². The number of amides is 1. The van der Waals surface area contributed by atoms with Gasteiger partial charge in [-0.15, -0.1) is 0 Å². The molecule has 7 heteroatoms. The Morgan fingerprint density at radius 1 is 1.00 bits per heavy atom. The number of sulfone groups is 1. The molecule has 1 amide bonds. The van der Waals surface area contributed by atoms with Crippen LogP contribution in [-0.2, 0) is 14.6 Å². The summed E-state index contributed by atoms with van der Waals surface area (Å²) >= 11 is 2.21. The fourth-order valence-corrected chi connectivity index (χ4v) is 4.48. The maximum absolute atomic E-state index is 13.0. The average Bonchev–Trinajstić information content (AvgIpc) is 2.60. The van der Waals surface area contributed by atoms with Crippen LogP contribution in [0.25, 0.3) is 0 Å². The Kier molecular flexibility index (Phi) is 5.75. The number of anilines is 1. The molecule has 2 aromatic rings. The van der Waals surface area contributed by atoms with E-state index >= 15 is 0 Å². The summed E-state index contributed by atoms with van der Waals surface area (Å²) in [6.07, 6.45) is 0. The molecule has 1 heterocycles. The maximum atomic E-state index is 13.0. The van der Waals surface area contributed by atoms with E-state index < -0.39 is 15.9 Å². The van der Waals surface area contributed by atoms with E-state index in [0.717, 1.165) is 14.8 Å². The van der Waals surface area contributed by atoms with Crippen molar-refractivity contribution in [3.05, 3.63) is 63.7 Å². The normalized spacial score (nSPS) is 18.4. The summed E-state index contributed by atoms with van der Waals surface area (Å²) < 4.78 is 24.5. The van der Waals surface area contributed by atoms with Crippen LogP contribution in [0.15, 0.2) is 54.6 Å². The number of carbonyl (C=O) groups is 1. The number of benzene rings is 2. The highest BCUT2D eigenvalue weighted by atomic mass is 127. The van der Waals surface area contributed by atoms with Crippen LogP contribution in [0, 0.1) is 3.57 Å². The first-order valence-electron chi connectivity index (χ1n) is 8.00. The SMILES string of the molecule is O=C(Nc1ccc(I)cc1)C(c1ccccc1)N1CCS(=O)(=O)CC1. The lowest BCUT2D eigenvalue weighted by Gasteiger charge is -2.33. The monoisotopic (exact) mass is 470 g/mol. The van der Waals surface area contributed by atoms with Gasteiger partial charge in [-0.25, -0.2) is 8.42 Å². The van der Waals surface area contributed by atoms with Crippen molar-refractivity contribution < 1.29 is 13.2 Å². The fraction of sp³-hybridized carbons (Fsp3) is 0.278. The summed E-state index contributed by atoms with van der Waals surface area (Å²) in [5, 5.41) is 2.95. The predicted octanol–water partition coefficient (Wildman–Crippen LogP) is 2.70. The quantitative estimate of drug-likeness (QED) is 0.699. The van der Waals surface area contributed by atoms with Gasteiger partial charge in [0.05, 0.1) is 11.5 Å². The number of halogens is 1. The van der Waals surface area contributed by atoms with Crippen LogP contribution in [0.2, 0.25) is 0 Å². The number of carbonyl (C=O) groups excluding carboxylic acids is 1. The standard InChI is InChI=1S/C18H19IN2O3S/c19-15-6-8-16(9-7-15)20-18(22)17(14-4-2-1-3-5-14)21-10-12-25(23,24)13-11-21/h1-9,17H,10-13H2,(H,20,22). The second-order valence-electron chi connectivity index (χ2n) is 6.00. The molecule has 0 radical (unpaired) electrons. The van der Waals surface area contributed by atoms with Crippen molar-refractivity contribution in [1.29, 1.82) is 0 Å². The van der Waals surface area contributed by atoms with Gasteiger partial charge < -0.3 is 5.32 Å². The molecule has 0 aromatic heterocycles. The molecule has 1 aliphatic heterocycles. The molecule has 2 aromatic carbocycles. The van der Waals surface area contributed by atoms with Gasteiger partial charge in [-0.2, -0.15) is 0 Å². The Labute approximate surface area is 161 Å². The fourth-order valence-electron chi connectivity index (χ4n) is 2.89. The smallest absolute Gasteiger partial charge is 0.246 e. The van der Waals surface area contributed by atoms with Crippen molar-refractivity contribution >= 4 is 44.0 Å². The van der Waals surface area contributed by atoms with Crippen molar-refractivity contribution in [3.63, 3.8) is 0 Å². The molecule has 25 heavy (non-hydrogen) atoms. The Morgan fingerprint density at radius 3 is 2.20 bits per heavy atom. The summed E-state index contributed by atoms with van der Waals surface area (Å²) in [6.45, 7) is 0.726. The summed E-state index contributed by atoms with van der Waals surface area (Å²) in [5.41, 5.74) is 1.60. The highest BCUT2D eigenvalue weighted by molar-refractivity contribution is 14.1. The molecule has 0 bridgehead atoms. The molecule has 0 aliphatic carbocycles. The Balaban J connectivity index is 1.83. The first kappa shape index (κ1) is 18.3. The molecule has 1 N–H and O–H groups in total. The zero-order valence-electron chi connectivity index (χ0n) is 13.6. The van der Waals surface area contributed by atoms with Gasteiger partial charge in [0, 0.05) is 22.3 Å². The second kappa shape index (κ2) is 7.84. The lowest BCUT2D eigenvalue weighted by Crippen LogP contribution is -2.46. The molecule has 1 aliphatic rings. The van der Waals surface area contributed by atoms with Gasteiger partial charge in [-0.3, -0.25) is 9.69 Å². The highest BCUT2D eigenvalue weighted by Crippen LogP contribution is 2.25. The lowest BCUT2D eigenvalue weighted by molar-refractivity contribution is -0.121. The van der Waals surface area contributed by atoms with Gasteiger partial charge in [-0.1, -0.05) is 30.3 Å². The van der Waals surface area contributed by atoms with Crippen LogP contribution in [0.3, 0.4) is 0 Å². The number of hydrogen-bond donors (Lipinski definition) is 1. The Bertz CT molecular complexity index is 824. The predicted molar refractivity (Wildman–Crippen MR) is 107 cm³/mol. The molecule has 1 unspecified atom stereocenters. The van der Waals surface area contributed by atoms with E-state index in [4.69, 9.17) is 0 Å². The third-order valence-corrected chi connectivity index (χ3v) is 6.55. The third-order valence-electron chi connectivity index (χ3n) is 4.22. The first-order chi connectivity index (χ1) is 11.9. The van der Waals surface area contributed by atoms with Crippen molar-refractivity contribution in [2.45, 2.75) is 6.04 Å². The van der Waals surface area contributed by atoms with E-state index in [0.29, 0.717) is 13.1 Å². The van der Waals surface area contributed by atoms with Crippen molar-refractivity contribution in [1.82, 2.24) is 4.90 Å². The van der Waals surface area contributed by atoms with Gasteiger partial charge in [0.25, 0.3) is 0 Å². The van der Waals surface area contributed by atoms with Crippen LogP contribution in [0.5, 0.6) is 0 Å². The van der Waals surface area contributed by atoms with Crippen LogP contribution in [0.1, 0.15) is 11.6 Å². The molecule has 3 rings (SSSR count). The molecule has 1 saturated heterocycles. The van der Waals surface area contributed by atoms with Gasteiger partial charge >= 0.3 is 0 Å². The summed E-state index contributed by atoms with van der Waals surface area (Å²) in [5.74, 6) is 0.0343. The third kappa shape index (κ3) is 4.80. The minimum atomic E-state index is -2.99. The van der Waals surface area contributed by atoms with Gasteiger partial charge in [0.1, 0.15) is 6.04 Å². The molecule has 1 atom stereocenters. The highest BCUT2D eigenvalue weighted by Gasteiger charge is 2.32.